The number of aromatic amines is 1. The number of benzene rings is 3. The minimum absolute atomic E-state index is 0.0359. The van der Waals surface area contributed by atoms with Gasteiger partial charge in [0.2, 0.25) is 0 Å². The number of carbonyl (C=O) groups excluding carboxylic acids is 1. The highest BCUT2D eigenvalue weighted by Crippen LogP contribution is 2.42. The fourth-order valence-electron chi connectivity index (χ4n) is 5.76. The Morgan fingerprint density at radius 1 is 1.08 bits per heavy atom. The minimum atomic E-state index is -0.0359. The number of hydrogen-bond acceptors (Lipinski definition) is 4. The molecule has 1 unspecified atom stereocenters. The minimum Gasteiger partial charge on any atom is -0.380 e. The first kappa shape index (κ1) is 21.6. The van der Waals surface area contributed by atoms with Crippen LogP contribution >= 0.6 is 0 Å². The highest BCUT2D eigenvalue weighted by Gasteiger charge is 2.49. The van der Waals surface area contributed by atoms with Crippen LogP contribution in [-0.4, -0.2) is 42.4 Å². The number of amides is 1. The molecule has 0 bridgehead atoms. The summed E-state index contributed by atoms with van der Waals surface area (Å²) in [5.41, 5.74) is 7.57. The SMILES string of the molecule is Cc1ccccc1C(NC(=O)c1ccc2[nH]nc(-c3ccc(N4CC5(COC5)C4)cc3)c2c1)C1CC1. The Bertz CT molecular complexity index is 1440. The van der Waals surface area contributed by atoms with Crippen molar-refractivity contribution in [2.45, 2.75) is 25.8 Å². The van der Waals surface area contributed by atoms with Gasteiger partial charge in [-0.3, -0.25) is 9.89 Å². The lowest BCUT2D eigenvalue weighted by Gasteiger charge is -2.56. The standard InChI is InChI=1S/C30H30N4O2/c1-19-4-2-3-5-24(19)27(20-6-7-20)31-29(35)22-10-13-26-25(14-22)28(33-32-26)21-8-11-23(12-9-21)34-15-30(16-34)17-36-18-30/h2-5,8-14,20,27H,6-7,15-18H2,1H3,(H,31,35)(H,32,33). The Labute approximate surface area is 210 Å². The first-order valence-electron chi connectivity index (χ1n) is 12.9. The Balaban J connectivity index is 1.13. The van der Waals surface area contributed by atoms with Crippen molar-refractivity contribution in [3.8, 4) is 11.3 Å². The number of ether oxygens (including phenoxy) is 1. The van der Waals surface area contributed by atoms with Gasteiger partial charge in [-0.25, -0.2) is 0 Å². The number of aryl methyl sites for hydroxylation is 1. The summed E-state index contributed by atoms with van der Waals surface area (Å²) in [5.74, 6) is 0.478. The third-order valence-corrected chi connectivity index (χ3v) is 8.10. The second-order valence-corrected chi connectivity index (χ2v) is 10.9. The second kappa shape index (κ2) is 8.20. The molecule has 1 aliphatic carbocycles. The number of carbonyl (C=O) groups is 1. The summed E-state index contributed by atoms with van der Waals surface area (Å²) in [6.45, 7) is 6.04. The van der Waals surface area contributed by atoms with Crippen LogP contribution in [0.4, 0.5) is 5.69 Å². The van der Waals surface area contributed by atoms with Crippen LogP contribution in [0.15, 0.2) is 66.7 Å². The van der Waals surface area contributed by atoms with Crippen molar-refractivity contribution >= 4 is 22.5 Å². The zero-order valence-electron chi connectivity index (χ0n) is 20.5. The fraction of sp³-hybridized carbons (Fsp3) is 0.333. The Morgan fingerprint density at radius 3 is 2.56 bits per heavy atom. The number of fused-ring (bicyclic) bond motifs is 1. The monoisotopic (exact) mass is 478 g/mol. The molecule has 3 aromatic carbocycles. The normalized spacial score (nSPS) is 19.1. The summed E-state index contributed by atoms with van der Waals surface area (Å²) in [6, 6.07) is 22.8. The molecule has 182 valence electrons. The highest BCUT2D eigenvalue weighted by molar-refractivity contribution is 6.01. The molecule has 6 heteroatoms. The third kappa shape index (κ3) is 3.68. The summed E-state index contributed by atoms with van der Waals surface area (Å²) in [4.78, 5) is 15.8. The van der Waals surface area contributed by atoms with Crippen LogP contribution in [0.25, 0.3) is 22.2 Å². The molecule has 3 heterocycles. The van der Waals surface area contributed by atoms with Crippen LogP contribution < -0.4 is 10.2 Å². The van der Waals surface area contributed by atoms with E-state index in [0.717, 1.165) is 61.3 Å². The largest absolute Gasteiger partial charge is 0.380 e. The Kier molecular flexibility index (Phi) is 4.93. The zero-order chi connectivity index (χ0) is 24.3. The maximum atomic E-state index is 13.4. The van der Waals surface area contributed by atoms with Crippen LogP contribution in [0.5, 0.6) is 0 Å². The summed E-state index contributed by atoms with van der Waals surface area (Å²) >= 11 is 0. The molecule has 1 spiro atoms. The molecule has 2 N–H and O–H groups in total. The predicted octanol–water partition coefficient (Wildman–Crippen LogP) is 5.26. The smallest absolute Gasteiger partial charge is 0.251 e. The summed E-state index contributed by atoms with van der Waals surface area (Å²) in [5, 5.41) is 12.0. The molecule has 2 saturated heterocycles. The molecule has 4 aromatic rings. The van der Waals surface area contributed by atoms with Crippen LogP contribution in [0.1, 0.15) is 40.4 Å². The van der Waals surface area contributed by atoms with Gasteiger partial charge in [-0.1, -0.05) is 36.4 Å². The van der Waals surface area contributed by atoms with E-state index in [4.69, 9.17) is 4.74 Å². The molecule has 2 aliphatic heterocycles. The molecule has 3 fully saturated rings. The van der Waals surface area contributed by atoms with Crippen molar-refractivity contribution in [2.24, 2.45) is 11.3 Å². The van der Waals surface area contributed by atoms with Gasteiger partial charge in [0.25, 0.3) is 5.91 Å². The van der Waals surface area contributed by atoms with Gasteiger partial charge in [0.05, 0.1) is 35.9 Å². The summed E-state index contributed by atoms with van der Waals surface area (Å²) in [7, 11) is 0. The van der Waals surface area contributed by atoms with Crippen molar-refractivity contribution in [1.82, 2.24) is 15.5 Å². The topological polar surface area (TPSA) is 70.2 Å². The van der Waals surface area contributed by atoms with Gasteiger partial charge in [-0.2, -0.15) is 5.10 Å². The molecule has 0 radical (unpaired) electrons. The Hall–Kier alpha value is -3.64. The van der Waals surface area contributed by atoms with Crippen LogP contribution in [0, 0.1) is 18.3 Å². The van der Waals surface area contributed by atoms with E-state index < -0.39 is 0 Å². The first-order valence-corrected chi connectivity index (χ1v) is 12.9. The number of anilines is 1. The van der Waals surface area contributed by atoms with E-state index in [9.17, 15) is 4.79 Å². The molecule has 7 rings (SSSR count). The number of H-pyrrole nitrogens is 1. The van der Waals surface area contributed by atoms with Gasteiger partial charge in [-0.15, -0.1) is 0 Å². The van der Waals surface area contributed by atoms with Crippen LogP contribution in [0.2, 0.25) is 0 Å². The van der Waals surface area contributed by atoms with Gasteiger partial charge in [-0.05, 0) is 67.1 Å². The molecule has 6 nitrogen and oxygen atoms in total. The van der Waals surface area contributed by atoms with E-state index >= 15 is 0 Å². The maximum Gasteiger partial charge on any atom is 0.251 e. The van der Waals surface area contributed by atoms with E-state index in [-0.39, 0.29) is 11.9 Å². The van der Waals surface area contributed by atoms with Gasteiger partial charge in [0, 0.05) is 35.3 Å². The zero-order valence-corrected chi connectivity index (χ0v) is 20.5. The predicted molar refractivity (Wildman–Crippen MR) is 141 cm³/mol. The lowest BCUT2D eigenvalue weighted by molar-refractivity contribution is -0.127. The van der Waals surface area contributed by atoms with E-state index in [1.807, 2.05) is 18.2 Å². The van der Waals surface area contributed by atoms with Crippen LogP contribution in [-0.2, 0) is 4.74 Å². The first-order chi connectivity index (χ1) is 17.6. The lowest BCUT2D eigenvalue weighted by Crippen LogP contribution is -2.66. The lowest BCUT2D eigenvalue weighted by atomic mass is 9.78. The van der Waals surface area contributed by atoms with Crippen molar-refractivity contribution in [2.75, 3.05) is 31.2 Å². The number of aromatic nitrogens is 2. The maximum absolute atomic E-state index is 13.4. The Morgan fingerprint density at radius 2 is 1.86 bits per heavy atom. The summed E-state index contributed by atoms with van der Waals surface area (Å²) in [6.07, 6.45) is 2.32. The van der Waals surface area contributed by atoms with Crippen molar-refractivity contribution in [3.63, 3.8) is 0 Å². The van der Waals surface area contributed by atoms with Gasteiger partial charge >= 0.3 is 0 Å². The van der Waals surface area contributed by atoms with Crippen molar-refractivity contribution in [3.05, 3.63) is 83.4 Å². The molecule has 3 aliphatic rings. The average Bonchev–Trinajstić information content (AvgIpc) is 3.60. The second-order valence-electron chi connectivity index (χ2n) is 10.9. The number of rotatable bonds is 6. The fourth-order valence-corrected chi connectivity index (χ4v) is 5.76. The van der Waals surface area contributed by atoms with Crippen molar-refractivity contribution < 1.29 is 9.53 Å². The highest BCUT2D eigenvalue weighted by atomic mass is 16.5. The molecule has 1 atom stereocenters. The van der Waals surface area contributed by atoms with Crippen molar-refractivity contribution in [1.29, 1.82) is 0 Å². The molecule has 1 amide bonds. The quantitative estimate of drug-likeness (QED) is 0.397. The van der Waals surface area contributed by atoms with Crippen LogP contribution in [0.3, 0.4) is 0 Å². The molecule has 1 saturated carbocycles. The van der Waals surface area contributed by atoms with E-state index in [1.165, 1.54) is 16.8 Å². The van der Waals surface area contributed by atoms with Gasteiger partial charge in [0.1, 0.15) is 0 Å². The number of nitrogens with one attached hydrogen (secondary N) is 2. The molecule has 36 heavy (non-hydrogen) atoms. The molecular formula is C30H30N4O2. The average molecular weight is 479 g/mol. The van der Waals surface area contributed by atoms with E-state index in [1.54, 1.807) is 0 Å². The number of nitrogens with zero attached hydrogens (tertiary/aromatic N) is 2. The van der Waals surface area contributed by atoms with E-state index in [2.05, 4.69) is 75.9 Å². The van der Waals surface area contributed by atoms with E-state index in [0.29, 0.717) is 16.9 Å². The van der Waals surface area contributed by atoms with Gasteiger partial charge < -0.3 is 15.0 Å². The van der Waals surface area contributed by atoms with Gasteiger partial charge in [0.15, 0.2) is 0 Å². The number of hydrogen-bond donors (Lipinski definition) is 2. The summed E-state index contributed by atoms with van der Waals surface area (Å²) < 4.78 is 5.40. The third-order valence-electron chi connectivity index (χ3n) is 8.10. The molecular weight excluding hydrogens is 448 g/mol. The molecule has 1 aromatic heterocycles.